The number of benzene rings is 2. The van der Waals surface area contributed by atoms with E-state index in [0.717, 1.165) is 64.2 Å². The minimum atomic E-state index is -0.603. The Morgan fingerprint density at radius 1 is 1.08 bits per heavy atom. The van der Waals surface area contributed by atoms with E-state index in [-0.39, 0.29) is 12.0 Å². The average molecular weight is 494 g/mol. The van der Waals surface area contributed by atoms with Gasteiger partial charge in [-0.3, -0.25) is 0 Å². The first kappa shape index (κ1) is 23.5. The van der Waals surface area contributed by atoms with E-state index in [1.807, 2.05) is 38.1 Å². The lowest BCUT2D eigenvalue weighted by Crippen LogP contribution is -2.13. The standard InChI is InChI=1S/C29H31N7O/c1-5-25-31-26-17(4)14-23(27(37)16(2)3)30-29(26)36(25)24-13-11-19-15-18(10-12-21(19)24)20-8-6-7-9-22(20)28-32-34-35-33-28/h6-10,12,14-16,24,27,37H,5,11,13H2,1-4H3,(H,32,33,34,35)/t24-,27-/m1/s1. The number of aliphatic hydroxyl groups excluding tert-OH is 1. The molecule has 0 spiro atoms. The van der Waals surface area contributed by atoms with Crippen molar-refractivity contribution in [3.8, 4) is 22.5 Å². The molecule has 8 nitrogen and oxygen atoms in total. The Bertz CT molecular complexity index is 1590. The number of pyridine rings is 1. The Labute approximate surface area is 215 Å². The van der Waals surface area contributed by atoms with Gasteiger partial charge in [0.25, 0.3) is 0 Å². The van der Waals surface area contributed by atoms with Crippen molar-refractivity contribution in [1.82, 2.24) is 35.2 Å². The molecule has 0 saturated heterocycles. The molecule has 3 heterocycles. The third-order valence-electron chi connectivity index (χ3n) is 7.51. The number of rotatable bonds is 6. The predicted molar refractivity (Wildman–Crippen MR) is 143 cm³/mol. The molecule has 188 valence electrons. The number of hydrogen-bond donors (Lipinski definition) is 2. The molecule has 3 aromatic heterocycles. The van der Waals surface area contributed by atoms with Crippen LogP contribution >= 0.6 is 0 Å². The second-order valence-electron chi connectivity index (χ2n) is 10.2. The molecule has 0 aliphatic heterocycles. The van der Waals surface area contributed by atoms with Crippen LogP contribution in [0.2, 0.25) is 0 Å². The third kappa shape index (κ3) is 3.92. The highest BCUT2D eigenvalue weighted by Crippen LogP contribution is 2.41. The third-order valence-corrected chi connectivity index (χ3v) is 7.51. The number of nitrogens with one attached hydrogen (secondary N) is 1. The number of aromatic amines is 1. The zero-order chi connectivity index (χ0) is 25.7. The molecule has 2 N–H and O–H groups in total. The summed E-state index contributed by atoms with van der Waals surface area (Å²) in [6.07, 6.45) is 2.18. The van der Waals surface area contributed by atoms with Crippen molar-refractivity contribution in [2.24, 2.45) is 5.92 Å². The largest absolute Gasteiger partial charge is 0.387 e. The van der Waals surface area contributed by atoms with E-state index < -0.39 is 6.10 Å². The molecule has 2 atom stereocenters. The number of aromatic nitrogens is 7. The van der Waals surface area contributed by atoms with Crippen LogP contribution in [0.1, 0.15) is 67.5 Å². The first-order valence-corrected chi connectivity index (χ1v) is 13.0. The van der Waals surface area contributed by atoms with E-state index >= 15 is 0 Å². The molecular formula is C29H31N7O. The molecule has 5 aromatic rings. The molecule has 0 unspecified atom stereocenters. The van der Waals surface area contributed by atoms with Crippen molar-refractivity contribution in [2.75, 3.05) is 0 Å². The van der Waals surface area contributed by atoms with Crippen molar-refractivity contribution in [3.63, 3.8) is 0 Å². The highest BCUT2D eigenvalue weighted by molar-refractivity contribution is 5.81. The van der Waals surface area contributed by atoms with Gasteiger partial charge in [-0.15, -0.1) is 10.2 Å². The second-order valence-corrected chi connectivity index (χ2v) is 10.2. The summed E-state index contributed by atoms with van der Waals surface area (Å²) in [4.78, 5) is 9.97. The monoisotopic (exact) mass is 493 g/mol. The highest BCUT2D eigenvalue weighted by atomic mass is 16.3. The van der Waals surface area contributed by atoms with Gasteiger partial charge in [0.2, 0.25) is 5.82 Å². The maximum Gasteiger partial charge on any atom is 0.205 e. The molecule has 0 bridgehead atoms. The van der Waals surface area contributed by atoms with Gasteiger partial charge < -0.3 is 9.67 Å². The fraction of sp³-hybridized carbons (Fsp3) is 0.345. The number of hydrogen-bond acceptors (Lipinski definition) is 6. The number of imidazole rings is 1. The van der Waals surface area contributed by atoms with E-state index in [0.29, 0.717) is 5.82 Å². The Kier molecular flexibility index (Phi) is 5.83. The Hall–Kier alpha value is -3.91. The van der Waals surface area contributed by atoms with Crippen LogP contribution in [0.5, 0.6) is 0 Å². The van der Waals surface area contributed by atoms with Crippen LogP contribution in [-0.2, 0) is 12.8 Å². The summed E-state index contributed by atoms with van der Waals surface area (Å²) < 4.78 is 2.32. The summed E-state index contributed by atoms with van der Waals surface area (Å²) in [7, 11) is 0. The molecule has 0 saturated carbocycles. The summed E-state index contributed by atoms with van der Waals surface area (Å²) in [6.45, 7) is 8.24. The first-order chi connectivity index (χ1) is 18.0. The summed E-state index contributed by atoms with van der Waals surface area (Å²) in [5, 5.41) is 25.5. The molecular weight excluding hydrogens is 462 g/mol. The molecule has 0 fully saturated rings. The molecule has 0 amide bonds. The predicted octanol–water partition coefficient (Wildman–Crippen LogP) is 5.37. The molecule has 8 heteroatoms. The number of tetrazole rings is 1. The van der Waals surface area contributed by atoms with Crippen molar-refractivity contribution < 1.29 is 5.11 Å². The van der Waals surface area contributed by atoms with Crippen LogP contribution in [0.15, 0.2) is 48.5 Å². The van der Waals surface area contributed by atoms with Crippen LogP contribution in [-0.4, -0.2) is 40.3 Å². The van der Waals surface area contributed by atoms with Crippen LogP contribution in [0.25, 0.3) is 33.7 Å². The fourth-order valence-corrected chi connectivity index (χ4v) is 5.59. The van der Waals surface area contributed by atoms with Crippen LogP contribution in [0, 0.1) is 12.8 Å². The lowest BCUT2D eigenvalue weighted by Gasteiger charge is -2.19. The molecule has 6 rings (SSSR count). The van der Waals surface area contributed by atoms with Crippen molar-refractivity contribution in [2.45, 2.75) is 59.1 Å². The zero-order valence-corrected chi connectivity index (χ0v) is 21.6. The van der Waals surface area contributed by atoms with Gasteiger partial charge in [0.1, 0.15) is 11.3 Å². The van der Waals surface area contributed by atoms with Gasteiger partial charge in [-0.2, -0.15) is 5.21 Å². The fourth-order valence-electron chi connectivity index (χ4n) is 5.59. The van der Waals surface area contributed by atoms with E-state index in [2.05, 4.69) is 63.3 Å². The quantitative estimate of drug-likeness (QED) is 0.329. The van der Waals surface area contributed by atoms with Crippen LogP contribution < -0.4 is 0 Å². The number of nitrogens with zero attached hydrogens (tertiary/aromatic N) is 6. The van der Waals surface area contributed by atoms with Crippen LogP contribution in [0.3, 0.4) is 0 Å². The van der Waals surface area contributed by atoms with Crippen molar-refractivity contribution >= 4 is 11.2 Å². The topological polar surface area (TPSA) is 105 Å². The minimum Gasteiger partial charge on any atom is -0.387 e. The molecule has 2 aromatic carbocycles. The Morgan fingerprint density at radius 2 is 1.89 bits per heavy atom. The van der Waals surface area contributed by atoms with Crippen LogP contribution in [0.4, 0.5) is 0 Å². The molecule has 0 radical (unpaired) electrons. The normalized spacial score (nSPS) is 16.0. The number of H-pyrrole nitrogens is 1. The minimum absolute atomic E-state index is 0.0901. The summed E-state index contributed by atoms with van der Waals surface area (Å²) in [5.41, 5.74) is 9.40. The van der Waals surface area contributed by atoms with Crippen molar-refractivity contribution in [1.29, 1.82) is 0 Å². The second kappa shape index (κ2) is 9.19. The maximum atomic E-state index is 10.8. The van der Waals surface area contributed by atoms with Gasteiger partial charge in [0.05, 0.1) is 17.8 Å². The van der Waals surface area contributed by atoms with Gasteiger partial charge in [-0.1, -0.05) is 63.2 Å². The SMILES string of the molecule is CCc1nc2c(C)cc([C@H](O)C(C)C)nc2n1[C@@H]1CCc2cc(-c3ccccc3-c3nn[nH]n3)ccc21. The smallest absolute Gasteiger partial charge is 0.205 e. The zero-order valence-electron chi connectivity index (χ0n) is 21.6. The van der Waals surface area contributed by atoms with Gasteiger partial charge in [-0.05, 0) is 64.8 Å². The van der Waals surface area contributed by atoms with Gasteiger partial charge in [-0.25, -0.2) is 9.97 Å². The van der Waals surface area contributed by atoms with Gasteiger partial charge >= 0.3 is 0 Å². The Morgan fingerprint density at radius 3 is 2.62 bits per heavy atom. The summed E-state index contributed by atoms with van der Waals surface area (Å²) in [6, 6.07) is 17.0. The number of aryl methyl sites for hydroxylation is 3. The average Bonchev–Trinajstić information content (AvgIpc) is 3.66. The summed E-state index contributed by atoms with van der Waals surface area (Å²) >= 11 is 0. The maximum absolute atomic E-state index is 10.8. The molecule has 1 aliphatic carbocycles. The Balaban J connectivity index is 1.45. The van der Waals surface area contributed by atoms with E-state index in [9.17, 15) is 5.11 Å². The molecule has 37 heavy (non-hydrogen) atoms. The molecule has 1 aliphatic rings. The lowest BCUT2D eigenvalue weighted by molar-refractivity contribution is 0.122. The number of aliphatic hydroxyl groups is 1. The van der Waals surface area contributed by atoms with Gasteiger partial charge in [0.15, 0.2) is 5.65 Å². The van der Waals surface area contributed by atoms with Gasteiger partial charge in [0, 0.05) is 12.0 Å². The summed E-state index contributed by atoms with van der Waals surface area (Å²) in [5.74, 6) is 1.71. The van der Waals surface area contributed by atoms with E-state index in [4.69, 9.17) is 9.97 Å². The first-order valence-electron chi connectivity index (χ1n) is 13.0. The number of fused-ring (bicyclic) bond motifs is 2. The van der Waals surface area contributed by atoms with E-state index in [1.165, 1.54) is 11.1 Å². The lowest BCUT2D eigenvalue weighted by atomic mass is 9.96. The van der Waals surface area contributed by atoms with E-state index in [1.54, 1.807) is 0 Å². The van der Waals surface area contributed by atoms with Crippen molar-refractivity contribution in [3.05, 3.63) is 76.7 Å². The highest BCUT2D eigenvalue weighted by Gasteiger charge is 2.29.